The number of rotatable bonds is 4. The molecule has 0 spiro atoms. The minimum atomic E-state index is -3.70. The number of sulfonamides is 1. The van der Waals surface area contributed by atoms with Crippen LogP contribution in [0.5, 0.6) is 0 Å². The highest BCUT2D eigenvalue weighted by Gasteiger charge is 2.28. The van der Waals surface area contributed by atoms with Gasteiger partial charge in [0.1, 0.15) is 0 Å². The number of primary sulfonamides is 1. The van der Waals surface area contributed by atoms with Crippen molar-refractivity contribution >= 4 is 15.9 Å². The summed E-state index contributed by atoms with van der Waals surface area (Å²) in [6.07, 6.45) is 0.683. The first-order valence-electron chi connectivity index (χ1n) is 8.01. The number of nitrogens with one attached hydrogen (secondary N) is 1. The Labute approximate surface area is 147 Å². The van der Waals surface area contributed by atoms with Gasteiger partial charge in [-0.3, -0.25) is 9.69 Å². The van der Waals surface area contributed by atoms with E-state index in [2.05, 4.69) is 17.4 Å². The van der Waals surface area contributed by atoms with Crippen LogP contribution in [0.15, 0.2) is 53.4 Å². The van der Waals surface area contributed by atoms with E-state index >= 15 is 0 Å². The summed E-state index contributed by atoms with van der Waals surface area (Å²) in [6, 6.07) is 14.1. The summed E-state index contributed by atoms with van der Waals surface area (Å²) in [5, 5.41) is 8.00. The molecule has 0 aliphatic carbocycles. The number of likely N-dealkylation sites (N-methyl/N-ethyl adjacent to an activating group) is 1. The van der Waals surface area contributed by atoms with Gasteiger partial charge in [-0.05, 0) is 42.3 Å². The summed E-state index contributed by atoms with van der Waals surface area (Å²) < 4.78 is 22.5. The zero-order valence-corrected chi connectivity index (χ0v) is 14.8. The zero-order chi connectivity index (χ0) is 18.0. The number of fused-ring (bicyclic) bond motifs is 1. The van der Waals surface area contributed by atoms with E-state index in [-0.39, 0.29) is 16.8 Å². The molecule has 0 saturated heterocycles. The predicted molar refractivity (Wildman–Crippen MR) is 95.1 cm³/mol. The molecule has 0 bridgehead atoms. The van der Waals surface area contributed by atoms with Gasteiger partial charge in [-0.1, -0.05) is 36.4 Å². The lowest BCUT2D eigenvalue weighted by Gasteiger charge is -2.33. The van der Waals surface area contributed by atoms with Gasteiger partial charge in [-0.15, -0.1) is 0 Å². The second kappa shape index (κ2) is 6.95. The van der Waals surface area contributed by atoms with E-state index in [0.29, 0.717) is 13.0 Å². The van der Waals surface area contributed by atoms with Crippen molar-refractivity contribution in [3.8, 4) is 0 Å². The molecular weight excluding hydrogens is 338 g/mol. The molecule has 3 N–H and O–H groups in total. The molecule has 25 heavy (non-hydrogen) atoms. The van der Waals surface area contributed by atoms with Gasteiger partial charge in [-0.2, -0.15) is 0 Å². The molecule has 0 aromatic heterocycles. The van der Waals surface area contributed by atoms with E-state index in [1.807, 2.05) is 24.1 Å². The maximum atomic E-state index is 12.5. The molecule has 3 rings (SSSR count). The Morgan fingerprint density at radius 2 is 1.80 bits per heavy atom. The highest BCUT2D eigenvalue weighted by Crippen LogP contribution is 2.22. The van der Waals surface area contributed by atoms with E-state index in [4.69, 9.17) is 5.14 Å². The van der Waals surface area contributed by atoms with E-state index in [1.165, 1.54) is 23.3 Å². The third-order valence-electron chi connectivity index (χ3n) is 4.50. The first kappa shape index (κ1) is 17.6. The second-order valence-electron chi connectivity index (χ2n) is 6.31. The van der Waals surface area contributed by atoms with Crippen LogP contribution < -0.4 is 10.5 Å². The van der Waals surface area contributed by atoms with Gasteiger partial charge in [0.15, 0.2) is 0 Å². The highest BCUT2D eigenvalue weighted by atomic mass is 32.2. The van der Waals surface area contributed by atoms with Gasteiger partial charge < -0.3 is 5.32 Å². The molecule has 1 aliphatic heterocycles. The van der Waals surface area contributed by atoms with Crippen molar-refractivity contribution < 1.29 is 13.2 Å². The van der Waals surface area contributed by atoms with E-state index in [9.17, 15) is 13.2 Å². The molecule has 1 heterocycles. The molecule has 0 fully saturated rings. The Morgan fingerprint density at radius 1 is 1.16 bits per heavy atom. The largest absolute Gasteiger partial charge is 0.351 e. The second-order valence-corrected chi connectivity index (χ2v) is 7.87. The minimum Gasteiger partial charge on any atom is -0.351 e. The van der Waals surface area contributed by atoms with Crippen molar-refractivity contribution in [1.29, 1.82) is 0 Å². The zero-order valence-electron chi connectivity index (χ0n) is 14.0. The Kier molecular flexibility index (Phi) is 4.89. The fourth-order valence-electron chi connectivity index (χ4n) is 3.05. The van der Waals surface area contributed by atoms with Gasteiger partial charge in [0, 0.05) is 13.1 Å². The molecule has 1 amide bonds. The van der Waals surface area contributed by atoms with Crippen LogP contribution in [-0.2, 0) is 34.3 Å². The number of amides is 1. The first-order chi connectivity index (χ1) is 11.8. The third kappa shape index (κ3) is 4.07. The van der Waals surface area contributed by atoms with Gasteiger partial charge in [0.05, 0.1) is 10.9 Å². The molecule has 132 valence electrons. The molecule has 2 aromatic carbocycles. The van der Waals surface area contributed by atoms with E-state index < -0.39 is 10.0 Å². The molecule has 6 nitrogen and oxygen atoms in total. The summed E-state index contributed by atoms with van der Waals surface area (Å²) in [5.41, 5.74) is 3.28. The van der Waals surface area contributed by atoms with Gasteiger partial charge in [-0.25, -0.2) is 13.6 Å². The molecule has 0 unspecified atom stereocenters. The quantitative estimate of drug-likeness (QED) is 0.852. The average Bonchev–Trinajstić information content (AvgIpc) is 2.58. The average molecular weight is 359 g/mol. The number of carbonyl (C=O) groups is 1. The van der Waals surface area contributed by atoms with Gasteiger partial charge >= 0.3 is 0 Å². The summed E-state index contributed by atoms with van der Waals surface area (Å²) in [6.45, 7) is 1.09. The van der Waals surface area contributed by atoms with Crippen molar-refractivity contribution in [1.82, 2.24) is 10.2 Å². The topological polar surface area (TPSA) is 92.5 Å². The van der Waals surface area contributed by atoms with Crippen LogP contribution in [0.25, 0.3) is 0 Å². The van der Waals surface area contributed by atoms with Crippen LogP contribution in [0, 0.1) is 0 Å². The number of nitrogens with two attached hydrogens (primary N) is 1. The third-order valence-corrected chi connectivity index (χ3v) is 5.43. The van der Waals surface area contributed by atoms with Crippen molar-refractivity contribution in [3.63, 3.8) is 0 Å². The van der Waals surface area contributed by atoms with E-state index in [0.717, 1.165) is 12.1 Å². The maximum Gasteiger partial charge on any atom is 0.238 e. The van der Waals surface area contributed by atoms with Crippen LogP contribution in [-0.4, -0.2) is 32.3 Å². The monoisotopic (exact) mass is 359 g/mol. The number of hydrogen-bond donors (Lipinski definition) is 2. The molecule has 0 radical (unpaired) electrons. The number of nitrogens with zero attached hydrogens (tertiary/aromatic N) is 1. The highest BCUT2D eigenvalue weighted by molar-refractivity contribution is 7.89. The van der Waals surface area contributed by atoms with Gasteiger partial charge in [0.2, 0.25) is 15.9 Å². The van der Waals surface area contributed by atoms with Crippen LogP contribution in [0.4, 0.5) is 0 Å². The van der Waals surface area contributed by atoms with Crippen LogP contribution in [0.1, 0.15) is 16.7 Å². The molecular formula is C18H21N3O3S. The molecule has 7 heteroatoms. The normalized spacial score (nSPS) is 17.8. The summed E-state index contributed by atoms with van der Waals surface area (Å²) in [5.74, 6) is -0.0347. The van der Waals surface area contributed by atoms with Crippen molar-refractivity contribution in [2.24, 2.45) is 5.14 Å². The standard InChI is InChI=1S/C18H21N3O3S/c1-21-12-15-5-3-2-4-14(15)10-17(21)18(22)20-11-13-6-8-16(9-7-13)25(19,23)24/h2-9,17H,10-12H2,1H3,(H,20,22)(H2,19,23,24)/t17-/m0/s1. The number of hydrogen-bond acceptors (Lipinski definition) is 4. The van der Waals surface area contributed by atoms with Crippen LogP contribution in [0.2, 0.25) is 0 Å². The fraction of sp³-hybridized carbons (Fsp3) is 0.278. The lowest BCUT2D eigenvalue weighted by molar-refractivity contribution is -0.126. The Balaban J connectivity index is 1.63. The summed E-state index contributed by atoms with van der Waals surface area (Å²) in [7, 11) is -1.75. The van der Waals surface area contributed by atoms with Crippen molar-refractivity contribution in [2.75, 3.05) is 7.05 Å². The van der Waals surface area contributed by atoms with Gasteiger partial charge in [0.25, 0.3) is 0 Å². The predicted octanol–water partition coefficient (Wildman–Crippen LogP) is 1.01. The lowest BCUT2D eigenvalue weighted by Crippen LogP contribution is -2.48. The summed E-state index contributed by atoms with van der Waals surface area (Å²) >= 11 is 0. The Hall–Kier alpha value is -2.22. The molecule has 2 aromatic rings. The number of carbonyl (C=O) groups excluding carboxylic acids is 1. The van der Waals surface area contributed by atoms with Crippen LogP contribution >= 0.6 is 0 Å². The SMILES string of the molecule is CN1Cc2ccccc2C[C@H]1C(=O)NCc1ccc(S(N)(=O)=O)cc1. The lowest BCUT2D eigenvalue weighted by atomic mass is 9.94. The fourth-order valence-corrected chi connectivity index (χ4v) is 3.57. The molecule has 1 atom stereocenters. The molecule has 0 saturated carbocycles. The first-order valence-corrected chi connectivity index (χ1v) is 9.56. The van der Waals surface area contributed by atoms with E-state index in [1.54, 1.807) is 12.1 Å². The van der Waals surface area contributed by atoms with Crippen molar-refractivity contribution in [3.05, 3.63) is 65.2 Å². The smallest absolute Gasteiger partial charge is 0.238 e. The van der Waals surface area contributed by atoms with Crippen molar-refractivity contribution in [2.45, 2.75) is 30.4 Å². The maximum absolute atomic E-state index is 12.5. The number of benzene rings is 2. The Bertz CT molecular complexity index is 879. The minimum absolute atomic E-state index is 0.0347. The molecule has 1 aliphatic rings. The van der Waals surface area contributed by atoms with Crippen LogP contribution in [0.3, 0.4) is 0 Å². The summed E-state index contributed by atoms with van der Waals surface area (Å²) in [4.78, 5) is 14.7. The Morgan fingerprint density at radius 3 is 2.44 bits per heavy atom.